The van der Waals surface area contributed by atoms with E-state index in [0.29, 0.717) is 22.4 Å². The predicted molar refractivity (Wildman–Crippen MR) is 99.9 cm³/mol. The summed E-state index contributed by atoms with van der Waals surface area (Å²) in [7, 11) is 0. The van der Waals surface area contributed by atoms with Gasteiger partial charge in [-0.05, 0) is 41.5 Å². The zero-order valence-corrected chi connectivity index (χ0v) is 14.7. The van der Waals surface area contributed by atoms with Crippen LogP contribution in [0.25, 0.3) is 11.1 Å². The maximum atomic E-state index is 13.0. The molecular weight excluding hydrogens is 385 g/mol. The average Bonchev–Trinajstić information content (AvgIpc) is 2.91. The maximum absolute atomic E-state index is 13.0. The fourth-order valence-electron chi connectivity index (χ4n) is 3.11. The Hall–Kier alpha value is -3.65. The number of hydroxylamine groups is 1. The zero-order valence-electron chi connectivity index (χ0n) is 14.7. The van der Waals surface area contributed by atoms with Crippen molar-refractivity contribution in [2.24, 2.45) is 4.99 Å². The number of hydrogen-bond acceptors (Lipinski definition) is 4. The minimum Gasteiger partial charge on any atom is -0.454 e. The highest BCUT2D eigenvalue weighted by atomic mass is 19.4. The molecule has 0 bridgehead atoms. The SMILES string of the molecule is O=C(NO)c1ccccc1-c1cccc2c1C=Nc1ccc(C(F)(F)F)cc1O2. The van der Waals surface area contributed by atoms with E-state index < -0.39 is 17.6 Å². The molecule has 0 fully saturated rings. The van der Waals surface area contributed by atoms with Crippen molar-refractivity contribution in [1.29, 1.82) is 0 Å². The Morgan fingerprint density at radius 3 is 2.48 bits per heavy atom. The summed E-state index contributed by atoms with van der Waals surface area (Å²) in [6, 6.07) is 14.7. The quantitative estimate of drug-likeness (QED) is 0.353. The van der Waals surface area contributed by atoms with Gasteiger partial charge < -0.3 is 4.74 Å². The van der Waals surface area contributed by atoms with Crippen molar-refractivity contribution in [2.75, 3.05) is 0 Å². The average molecular weight is 398 g/mol. The summed E-state index contributed by atoms with van der Waals surface area (Å²) in [6.07, 6.45) is -3.02. The summed E-state index contributed by atoms with van der Waals surface area (Å²) in [5.41, 5.74) is 2.82. The molecule has 1 aliphatic rings. The Morgan fingerprint density at radius 2 is 1.72 bits per heavy atom. The number of alkyl halides is 3. The Morgan fingerprint density at radius 1 is 0.966 bits per heavy atom. The number of hydrogen-bond donors (Lipinski definition) is 2. The lowest BCUT2D eigenvalue weighted by Crippen LogP contribution is -2.19. The first-order valence-electron chi connectivity index (χ1n) is 8.48. The summed E-state index contributed by atoms with van der Waals surface area (Å²) in [6.45, 7) is 0. The highest BCUT2D eigenvalue weighted by Gasteiger charge is 2.32. The lowest BCUT2D eigenvalue weighted by molar-refractivity contribution is -0.137. The van der Waals surface area contributed by atoms with Gasteiger partial charge in [-0.3, -0.25) is 15.0 Å². The Labute approximate surface area is 163 Å². The molecule has 0 atom stereocenters. The molecule has 2 N–H and O–H groups in total. The molecule has 4 rings (SSSR count). The molecule has 0 unspecified atom stereocenters. The van der Waals surface area contributed by atoms with Crippen molar-refractivity contribution in [3.8, 4) is 22.6 Å². The molecule has 0 saturated carbocycles. The smallest absolute Gasteiger partial charge is 0.416 e. The molecule has 0 aliphatic carbocycles. The van der Waals surface area contributed by atoms with E-state index in [4.69, 9.17) is 9.94 Å². The molecule has 146 valence electrons. The van der Waals surface area contributed by atoms with Crippen molar-refractivity contribution in [1.82, 2.24) is 5.48 Å². The number of fused-ring (bicyclic) bond motifs is 2. The van der Waals surface area contributed by atoms with Gasteiger partial charge in [-0.25, -0.2) is 5.48 Å². The second-order valence-electron chi connectivity index (χ2n) is 6.24. The first kappa shape index (κ1) is 18.7. The van der Waals surface area contributed by atoms with E-state index in [-0.39, 0.29) is 17.0 Å². The van der Waals surface area contributed by atoms with Gasteiger partial charge in [0.15, 0.2) is 5.75 Å². The molecule has 3 aromatic carbocycles. The third-order valence-electron chi connectivity index (χ3n) is 4.47. The minimum atomic E-state index is -4.50. The van der Waals surface area contributed by atoms with Crippen molar-refractivity contribution >= 4 is 17.8 Å². The molecule has 1 aliphatic heterocycles. The van der Waals surface area contributed by atoms with E-state index >= 15 is 0 Å². The van der Waals surface area contributed by atoms with Gasteiger partial charge in [0.2, 0.25) is 0 Å². The third kappa shape index (κ3) is 3.45. The number of aliphatic imine (C=N–C) groups is 1. The fourth-order valence-corrected chi connectivity index (χ4v) is 3.11. The number of carbonyl (C=O) groups excluding carboxylic acids is 1. The third-order valence-corrected chi connectivity index (χ3v) is 4.47. The number of nitrogens with zero attached hydrogens (tertiary/aromatic N) is 1. The van der Waals surface area contributed by atoms with E-state index in [0.717, 1.165) is 12.1 Å². The second-order valence-corrected chi connectivity index (χ2v) is 6.24. The van der Waals surface area contributed by atoms with Gasteiger partial charge in [-0.1, -0.05) is 30.3 Å². The first-order valence-corrected chi connectivity index (χ1v) is 8.48. The maximum Gasteiger partial charge on any atom is 0.416 e. The van der Waals surface area contributed by atoms with Gasteiger partial charge in [-0.2, -0.15) is 13.2 Å². The van der Waals surface area contributed by atoms with Gasteiger partial charge >= 0.3 is 6.18 Å². The molecule has 0 spiro atoms. The molecule has 0 saturated heterocycles. The monoisotopic (exact) mass is 398 g/mol. The summed E-state index contributed by atoms with van der Waals surface area (Å²) >= 11 is 0. The van der Waals surface area contributed by atoms with Crippen LogP contribution in [-0.2, 0) is 6.18 Å². The Balaban J connectivity index is 1.85. The highest BCUT2D eigenvalue weighted by Crippen LogP contribution is 2.42. The Bertz CT molecular complexity index is 1140. The van der Waals surface area contributed by atoms with Gasteiger partial charge in [0.05, 0.1) is 5.56 Å². The van der Waals surface area contributed by atoms with Gasteiger partial charge in [0.1, 0.15) is 11.4 Å². The number of carbonyl (C=O) groups is 1. The van der Waals surface area contributed by atoms with Gasteiger partial charge in [-0.15, -0.1) is 0 Å². The summed E-state index contributed by atoms with van der Waals surface area (Å²) < 4.78 is 44.9. The molecule has 1 amide bonds. The van der Waals surface area contributed by atoms with Crippen LogP contribution < -0.4 is 10.2 Å². The zero-order chi connectivity index (χ0) is 20.6. The van der Waals surface area contributed by atoms with Crippen molar-refractivity contribution < 1.29 is 27.9 Å². The fraction of sp³-hybridized carbons (Fsp3) is 0.0476. The summed E-state index contributed by atoms with van der Waals surface area (Å²) in [4.78, 5) is 16.3. The normalized spacial score (nSPS) is 12.4. The predicted octanol–water partition coefficient (Wildman–Crippen LogP) is 5.35. The van der Waals surface area contributed by atoms with Crippen molar-refractivity contribution in [3.63, 3.8) is 0 Å². The molecule has 1 heterocycles. The van der Waals surface area contributed by atoms with Gasteiger partial charge in [0, 0.05) is 17.3 Å². The molecule has 0 radical (unpaired) electrons. The van der Waals surface area contributed by atoms with E-state index in [1.807, 2.05) is 0 Å². The minimum absolute atomic E-state index is 0.0200. The van der Waals surface area contributed by atoms with Crippen LogP contribution in [0.3, 0.4) is 0 Å². The van der Waals surface area contributed by atoms with E-state index in [9.17, 15) is 18.0 Å². The largest absolute Gasteiger partial charge is 0.454 e. The van der Waals surface area contributed by atoms with E-state index in [2.05, 4.69) is 4.99 Å². The van der Waals surface area contributed by atoms with Crippen LogP contribution in [-0.4, -0.2) is 17.3 Å². The molecule has 5 nitrogen and oxygen atoms in total. The molecule has 8 heteroatoms. The van der Waals surface area contributed by atoms with E-state index in [1.54, 1.807) is 47.9 Å². The molecule has 29 heavy (non-hydrogen) atoms. The standard InChI is InChI=1S/C21H13F3N2O3/c22-21(23,24)12-8-9-17-19(10-12)29-18-7-3-6-14(16(18)11-25-17)13-4-1-2-5-15(13)20(27)26-28/h1-11,28H,(H,26,27). The number of ether oxygens (including phenoxy) is 1. The lowest BCUT2D eigenvalue weighted by atomic mass is 9.95. The molecule has 3 aromatic rings. The topological polar surface area (TPSA) is 70.9 Å². The number of nitrogens with one attached hydrogen (secondary N) is 1. The van der Waals surface area contributed by atoms with Crippen LogP contribution in [0.2, 0.25) is 0 Å². The number of amides is 1. The van der Waals surface area contributed by atoms with Crippen LogP contribution in [0.1, 0.15) is 21.5 Å². The van der Waals surface area contributed by atoms with Crippen LogP contribution in [0.5, 0.6) is 11.5 Å². The highest BCUT2D eigenvalue weighted by molar-refractivity contribution is 6.04. The van der Waals surface area contributed by atoms with Crippen molar-refractivity contribution in [3.05, 3.63) is 77.4 Å². The number of halogens is 3. The first-order chi connectivity index (χ1) is 13.9. The second kappa shape index (κ2) is 7.06. The van der Waals surface area contributed by atoms with E-state index in [1.165, 1.54) is 12.3 Å². The van der Waals surface area contributed by atoms with Crippen LogP contribution in [0.15, 0.2) is 65.7 Å². The van der Waals surface area contributed by atoms with Crippen molar-refractivity contribution in [2.45, 2.75) is 6.18 Å². The van der Waals surface area contributed by atoms with Gasteiger partial charge in [0.25, 0.3) is 5.91 Å². The van der Waals surface area contributed by atoms with Crippen LogP contribution in [0.4, 0.5) is 18.9 Å². The lowest BCUT2D eigenvalue weighted by Gasteiger charge is -2.14. The summed E-state index contributed by atoms with van der Waals surface area (Å²) in [5, 5.41) is 9.01. The number of rotatable bonds is 2. The summed E-state index contributed by atoms with van der Waals surface area (Å²) in [5.74, 6) is -0.417. The molecular formula is C21H13F3N2O3. The Kier molecular flexibility index (Phi) is 4.56. The van der Waals surface area contributed by atoms with Crippen LogP contribution >= 0.6 is 0 Å². The number of benzene rings is 3. The van der Waals surface area contributed by atoms with Crippen LogP contribution in [0, 0.1) is 0 Å². The molecule has 0 aromatic heterocycles.